The van der Waals surface area contributed by atoms with Gasteiger partial charge in [0.1, 0.15) is 17.1 Å². The molecule has 5 heteroatoms. The molecule has 2 aromatic carbocycles. The van der Waals surface area contributed by atoms with E-state index >= 15 is 0 Å². The Hall–Kier alpha value is -3.21. The van der Waals surface area contributed by atoms with Crippen molar-refractivity contribution in [2.45, 2.75) is 27.7 Å². The molecule has 1 N–H and O–H groups in total. The molecular formula is C23H25NO4. The second-order valence-corrected chi connectivity index (χ2v) is 6.62. The Balaban J connectivity index is 1.99. The Kier molecular flexibility index (Phi) is 5.73. The highest BCUT2D eigenvalue weighted by molar-refractivity contribution is 6.05. The molecule has 0 radical (unpaired) electrons. The van der Waals surface area contributed by atoms with Crippen molar-refractivity contribution in [3.63, 3.8) is 0 Å². The fourth-order valence-corrected chi connectivity index (χ4v) is 3.25. The molecule has 3 rings (SSSR count). The molecule has 146 valence electrons. The first-order valence-electron chi connectivity index (χ1n) is 9.23. The van der Waals surface area contributed by atoms with Gasteiger partial charge in [-0.3, -0.25) is 4.79 Å². The highest BCUT2D eigenvalue weighted by atomic mass is 16.5. The number of hydrogen-bond acceptors (Lipinski definition) is 4. The van der Waals surface area contributed by atoms with Crippen LogP contribution in [-0.4, -0.2) is 19.6 Å². The molecule has 1 amide bonds. The number of para-hydroxylation sites is 2. The van der Waals surface area contributed by atoms with E-state index in [4.69, 9.17) is 13.9 Å². The quantitative estimate of drug-likeness (QED) is 0.575. The maximum atomic E-state index is 12.6. The van der Waals surface area contributed by atoms with Gasteiger partial charge in [0.15, 0.2) is 0 Å². The fraction of sp³-hybridized carbons (Fsp3) is 0.261. The second-order valence-electron chi connectivity index (χ2n) is 6.62. The molecule has 28 heavy (non-hydrogen) atoms. The number of rotatable bonds is 6. The van der Waals surface area contributed by atoms with Crippen molar-refractivity contribution in [2.75, 3.05) is 19.0 Å². The van der Waals surface area contributed by atoms with Crippen molar-refractivity contribution in [2.24, 2.45) is 0 Å². The van der Waals surface area contributed by atoms with Crippen LogP contribution in [0.2, 0.25) is 0 Å². The van der Waals surface area contributed by atoms with Crippen LogP contribution >= 0.6 is 0 Å². The first-order chi connectivity index (χ1) is 13.5. The standard InChI is InChI=1S/C23H25NO4/c1-6-27-22-16(4)23-18(15(3)13-28-23)12-17(22)14(2)11-21(25)24-19-9-7-8-10-20(19)26-5/h7-13H,6H2,1-5H3,(H,24,25)/b14-11+. The number of methoxy groups -OCH3 is 1. The Morgan fingerprint density at radius 2 is 2.00 bits per heavy atom. The Morgan fingerprint density at radius 1 is 1.25 bits per heavy atom. The molecule has 0 fully saturated rings. The summed E-state index contributed by atoms with van der Waals surface area (Å²) in [5.74, 6) is 1.12. The van der Waals surface area contributed by atoms with Crippen LogP contribution in [0.25, 0.3) is 16.5 Å². The molecule has 1 heterocycles. The summed E-state index contributed by atoms with van der Waals surface area (Å²) in [6, 6.07) is 9.33. The minimum atomic E-state index is -0.230. The highest BCUT2D eigenvalue weighted by Gasteiger charge is 2.17. The summed E-state index contributed by atoms with van der Waals surface area (Å²) in [5.41, 5.74) is 5.11. The molecule has 5 nitrogen and oxygen atoms in total. The van der Waals surface area contributed by atoms with Crippen molar-refractivity contribution < 1.29 is 18.7 Å². The maximum absolute atomic E-state index is 12.6. The molecule has 0 atom stereocenters. The van der Waals surface area contributed by atoms with Crippen molar-refractivity contribution in [3.8, 4) is 11.5 Å². The van der Waals surface area contributed by atoms with E-state index in [0.29, 0.717) is 18.0 Å². The third-order valence-electron chi connectivity index (χ3n) is 4.66. The number of fused-ring (bicyclic) bond motifs is 1. The van der Waals surface area contributed by atoms with E-state index < -0.39 is 0 Å². The van der Waals surface area contributed by atoms with Crippen LogP contribution in [0.3, 0.4) is 0 Å². The lowest BCUT2D eigenvalue weighted by Gasteiger charge is -2.15. The van der Waals surface area contributed by atoms with Crippen LogP contribution in [-0.2, 0) is 4.79 Å². The third-order valence-corrected chi connectivity index (χ3v) is 4.66. The number of anilines is 1. The first kappa shape index (κ1) is 19.5. The lowest BCUT2D eigenvalue weighted by atomic mass is 9.98. The number of amides is 1. The first-order valence-corrected chi connectivity index (χ1v) is 9.23. The van der Waals surface area contributed by atoms with E-state index in [1.54, 1.807) is 31.6 Å². The number of hydrogen-bond donors (Lipinski definition) is 1. The van der Waals surface area contributed by atoms with Gasteiger partial charge >= 0.3 is 0 Å². The van der Waals surface area contributed by atoms with E-state index in [9.17, 15) is 4.79 Å². The zero-order valence-corrected chi connectivity index (χ0v) is 16.9. The Bertz CT molecular complexity index is 1050. The van der Waals surface area contributed by atoms with Crippen molar-refractivity contribution >= 4 is 28.1 Å². The summed E-state index contributed by atoms with van der Waals surface area (Å²) in [6.07, 6.45) is 3.32. The van der Waals surface area contributed by atoms with Crippen LogP contribution in [0.5, 0.6) is 11.5 Å². The van der Waals surface area contributed by atoms with Crippen molar-refractivity contribution in [3.05, 3.63) is 59.4 Å². The number of nitrogens with one attached hydrogen (secondary N) is 1. The van der Waals surface area contributed by atoms with Gasteiger partial charge in [-0.25, -0.2) is 0 Å². The number of aryl methyl sites for hydroxylation is 2. The lowest BCUT2D eigenvalue weighted by molar-refractivity contribution is -0.111. The predicted octanol–water partition coefficient (Wildman–Crippen LogP) is 5.50. The van der Waals surface area contributed by atoms with Gasteiger partial charge in [0.25, 0.3) is 0 Å². The molecule has 0 spiro atoms. The van der Waals surface area contributed by atoms with Gasteiger partial charge in [-0.1, -0.05) is 12.1 Å². The summed E-state index contributed by atoms with van der Waals surface area (Å²) in [7, 11) is 1.58. The predicted molar refractivity (Wildman–Crippen MR) is 112 cm³/mol. The minimum absolute atomic E-state index is 0.230. The molecule has 3 aromatic rings. The molecule has 0 aliphatic carbocycles. The number of ether oxygens (including phenoxy) is 2. The lowest BCUT2D eigenvalue weighted by Crippen LogP contribution is -2.10. The summed E-state index contributed by atoms with van der Waals surface area (Å²) in [4.78, 5) is 12.6. The van der Waals surface area contributed by atoms with Crippen molar-refractivity contribution in [1.29, 1.82) is 0 Å². The van der Waals surface area contributed by atoms with Crippen molar-refractivity contribution in [1.82, 2.24) is 0 Å². The molecule has 0 aliphatic heterocycles. The van der Waals surface area contributed by atoms with E-state index in [-0.39, 0.29) is 5.91 Å². The molecular weight excluding hydrogens is 354 g/mol. The number of benzene rings is 2. The van der Waals surface area contributed by atoms with Crippen LogP contribution in [0.4, 0.5) is 5.69 Å². The summed E-state index contributed by atoms with van der Waals surface area (Å²) < 4.78 is 16.9. The Labute approximate surface area is 164 Å². The molecule has 0 saturated carbocycles. The average Bonchev–Trinajstić information content (AvgIpc) is 3.05. The van der Waals surface area contributed by atoms with E-state index in [1.165, 1.54) is 0 Å². The fourth-order valence-electron chi connectivity index (χ4n) is 3.25. The van der Waals surface area contributed by atoms with E-state index in [2.05, 4.69) is 5.32 Å². The normalized spacial score (nSPS) is 11.5. The van der Waals surface area contributed by atoms with Crippen LogP contribution < -0.4 is 14.8 Å². The smallest absolute Gasteiger partial charge is 0.248 e. The van der Waals surface area contributed by atoms with Gasteiger partial charge in [-0.2, -0.15) is 0 Å². The minimum Gasteiger partial charge on any atom is -0.495 e. The second kappa shape index (κ2) is 8.21. The summed E-state index contributed by atoms with van der Waals surface area (Å²) >= 11 is 0. The molecule has 0 unspecified atom stereocenters. The zero-order chi connectivity index (χ0) is 20.3. The maximum Gasteiger partial charge on any atom is 0.248 e. The number of carbonyl (C=O) groups is 1. The van der Waals surface area contributed by atoms with Gasteiger partial charge in [0.05, 0.1) is 25.7 Å². The van der Waals surface area contributed by atoms with Crippen LogP contribution in [0.15, 0.2) is 47.1 Å². The van der Waals surface area contributed by atoms with Crippen LogP contribution in [0.1, 0.15) is 30.5 Å². The van der Waals surface area contributed by atoms with Gasteiger partial charge in [-0.15, -0.1) is 0 Å². The van der Waals surface area contributed by atoms with Crippen LogP contribution in [0, 0.1) is 13.8 Å². The summed E-state index contributed by atoms with van der Waals surface area (Å²) in [6.45, 7) is 8.35. The van der Waals surface area contributed by atoms with E-state index in [1.807, 2.05) is 45.9 Å². The van der Waals surface area contributed by atoms with Gasteiger partial charge < -0.3 is 19.2 Å². The third kappa shape index (κ3) is 3.74. The number of carbonyl (C=O) groups excluding carboxylic acids is 1. The average molecular weight is 379 g/mol. The van der Waals surface area contributed by atoms with Gasteiger partial charge in [0.2, 0.25) is 5.91 Å². The SMILES string of the molecule is CCOc1c(/C(C)=C/C(=O)Nc2ccccc2OC)cc2c(C)coc2c1C. The summed E-state index contributed by atoms with van der Waals surface area (Å²) in [5, 5.41) is 3.89. The molecule has 1 aromatic heterocycles. The highest BCUT2D eigenvalue weighted by Crippen LogP contribution is 2.37. The topological polar surface area (TPSA) is 60.7 Å². The molecule has 0 aliphatic rings. The van der Waals surface area contributed by atoms with Gasteiger partial charge in [-0.05, 0) is 57.0 Å². The Morgan fingerprint density at radius 3 is 2.71 bits per heavy atom. The largest absolute Gasteiger partial charge is 0.495 e. The van der Waals surface area contributed by atoms with E-state index in [0.717, 1.165) is 39.0 Å². The zero-order valence-electron chi connectivity index (χ0n) is 16.9. The molecule has 0 bridgehead atoms. The number of allylic oxidation sites excluding steroid dienone is 1. The molecule has 0 saturated heterocycles. The monoisotopic (exact) mass is 379 g/mol. The van der Waals surface area contributed by atoms with Gasteiger partial charge in [0, 0.05) is 22.6 Å². The number of furan rings is 1.